The first kappa shape index (κ1) is 30.0. The molecule has 11 nitrogen and oxygen atoms in total. The summed E-state index contributed by atoms with van der Waals surface area (Å²) in [5.41, 5.74) is 6.74. The van der Waals surface area contributed by atoms with Gasteiger partial charge in [0.2, 0.25) is 0 Å². The van der Waals surface area contributed by atoms with E-state index in [1.165, 1.54) is 7.05 Å². The van der Waals surface area contributed by atoms with Crippen molar-refractivity contribution in [2.45, 2.75) is 58.2 Å². The minimum absolute atomic E-state index is 0.130. The molecule has 0 aromatic heterocycles. The standard InChI is InChI=1S/C27H39N7O4/c1-9-19-24(33(6)7)32-23(21(31-19)22(28)35)30-18-13-11-12-17(16-18)14-15-29-25(36)20(10-2)34(8)26(37)38-27(3,4)5/h2,11-13,16,19-20,30-31H,9,14-15H2,1,3-8H3,(H2,28,35)(H,29,36)/t19?,20-/m0/s1. The Labute approximate surface area is 224 Å². The van der Waals surface area contributed by atoms with Crippen LogP contribution in [0.3, 0.4) is 0 Å². The molecule has 0 spiro atoms. The predicted octanol–water partition coefficient (Wildman–Crippen LogP) is 1.62. The molecule has 1 unspecified atom stereocenters. The van der Waals surface area contributed by atoms with Crippen molar-refractivity contribution in [3.05, 3.63) is 41.3 Å². The lowest BCUT2D eigenvalue weighted by Crippen LogP contribution is -2.48. The molecule has 1 aliphatic rings. The number of hydrogen-bond acceptors (Lipinski definition) is 8. The number of benzene rings is 1. The van der Waals surface area contributed by atoms with Crippen LogP contribution in [0.4, 0.5) is 10.5 Å². The van der Waals surface area contributed by atoms with E-state index < -0.39 is 29.6 Å². The number of primary amides is 1. The van der Waals surface area contributed by atoms with Crippen molar-refractivity contribution < 1.29 is 19.1 Å². The second kappa shape index (κ2) is 12.9. The molecule has 0 aliphatic carbocycles. The molecular formula is C27H39N7O4. The van der Waals surface area contributed by atoms with Crippen LogP contribution in [0.1, 0.15) is 39.7 Å². The van der Waals surface area contributed by atoms with E-state index in [-0.39, 0.29) is 11.7 Å². The molecule has 3 amide bonds. The Hall–Kier alpha value is -4.20. The van der Waals surface area contributed by atoms with Crippen LogP contribution in [0.25, 0.3) is 0 Å². The van der Waals surface area contributed by atoms with Gasteiger partial charge in [-0.15, -0.1) is 6.42 Å². The molecule has 2 rings (SSSR count). The molecule has 1 aromatic rings. The van der Waals surface area contributed by atoms with Crippen molar-refractivity contribution in [1.82, 2.24) is 20.4 Å². The number of carbonyl (C=O) groups excluding carboxylic acids is 3. The van der Waals surface area contributed by atoms with E-state index >= 15 is 0 Å². The van der Waals surface area contributed by atoms with Crippen LogP contribution in [0.5, 0.6) is 0 Å². The lowest BCUT2D eigenvalue weighted by Gasteiger charge is -2.31. The van der Waals surface area contributed by atoms with Gasteiger partial charge in [0.1, 0.15) is 17.1 Å². The number of amides is 3. The van der Waals surface area contributed by atoms with Gasteiger partial charge in [0.25, 0.3) is 11.8 Å². The maximum Gasteiger partial charge on any atom is 0.411 e. The third-order valence-corrected chi connectivity index (χ3v) is 5.58. The molecule has 0 bridgehead atoms. The average Bonchev–Trinajstić information content (AvgIpc) is 2.83. The summed E-state index contributed by atoms with van der Waals surface area (Å²) in [5, 5.41) is 9.14. The van der Waals surface area contributed by atoms with Crippen LogP contribution < -0.4 is 21.7 Å². The number of likely N-dealkylation sites (N-methyl/N-ethyl adjacent to an activating group) is 2. The Kier molecular flexibility index (Phi) is 10.2. The molecule has 5 N–H and O–H groups in total. The number of amidine groups is 1. The Bertz CT molecular complexity index is 1140. The van der Waals surface area contributed by atoms with Crippen molar-refractivity contribution in [2.75, 3.05) is 33.0 Å². The van der Waals surface area contributed by atoms with E-state index in [4.69, 9.17) is 16.9 Å². The maximum absolute atomic E-state index is 12.7. The van der Waals surface area contributed by atoms with Gasteiger partial charge >= 0.3 is 6.09 Å². The van der Waals surface area contributed by atoms with E-state index in [1.807, 2.05) is 50.2 Å². The number of nitrogens with two attached hydrogens (primary N) is 1. The molecule has 11 heteroatoms. The van der Waals surface area contributed by atoms with Gasteiger partial charge in [0.15, 0.2) is 11.9 Å². The van der Waals surface area contributed by atoms with E-state index in [0.29, 0.717) is 24.5 Å². The summed E-state index contributed by atoms with van der Waals surface area (Å²) in [6, 6.07) is 6.26. The van der Waals surface area contributed by atoms with Gasteiger partial charge in [-0.25, -0.2) is 9.79 Å². The van der Waals surface area contributed by atoms with E-state index in [1.54, 1.807) is 20.8 Å². The smallest absolute Gasteiger partial charge is 0.411 e. The number of carbonyl (C=O) groups is 3. The number of aliphatic imine (C=N–C) groups is 1. The number of rotatable bonds is 9. The minimum atomic E-state index is -1.11. The van der Waals surface area contributed by atoms with Crippen LogP contribution in [-0.4, -0.2) is 78.9 Å². The number of ether oxygens (including phenoxy) is 1. The third kappa shape index (κ3) is 8.16. The molecule has 1 heterocycles. The van der Waals surface area contributed by atoms with Crippen LogP contribution in [0, 0.1) is 12.3 Å². The Morgan fingerprint density at radius 3 is 2.50 bits per heavy atom. The van der Waals surface area contributed by atoms with Crippen molar-refractivity contribution >= 4 is 29.4 Å². The average molecular weight is 526 g/mol. The van der Waals surface area contributed by atoms with Gasteiger partial charge in [-0.1, -0.05) is 25.0 Å². The number of nitrogens with zero attached hydrogens (tertiary/aromatic N) is 3. The second-order valence-electron chi connectivity index (χ2n) is 10.1. The van der Waals surface area contributed by atoms with Crippen LogP contribution in [0.15, 0.2) is 40.8 Å². The van der Waals surface area contributed by atoms with Crippen molar-refractivity contribution in [2.24, 2.45) is 10.7 Å². The van der Waals surface area contributed by atoms with E-state index in [2.05, 4.69) is 26.9 Å². The summed E-state index contributed by atoms with van der Waals surface area (Å²) in [7, 11) is 5.21. The summed E-state index contributed by atoms with van der Waals surface area (Å²) in [4.78, 5) is 44.7. The molecule has 0 saturated carbocycles. The number of anilines is 1. The molecule has 0 saturated heterocycles. The number of hydrogen-bond donors (Lipinski definition) is 4. The van der Waals surface area contributed by atoms with Gasteiger partial charge < -0.3 is 31.3 Å². The summed E-state index contributed by atoms with van der Waals surface area (Å²) < 4.78 is 5.29. The quantitative estimate of drug-likeness (QED) is 0.359. The van der Waals surface area contributed by atoms with Gasteiger partial charge in [0.05, 0.1) is 6.04 Å². The molecular weight excluding hydrogens is 486 g/mol. The number of nitrogens with one attached hydrogen (secondary N) is 3. The van der Waals surface area contributed by atoms with Crippen LogP contribution >= 0.6 is 0 Å². The summed E-state index contributed by atoms with van der Waals surface area (Å²) in [5.74, 6) is 2.37. The SMILES string of the molecule is C#C[C@@H](C(=O)NCCc1cccc(NC2=C(C(N)=O)NC(CC)C(N(C)C)=N2)c1)N(C)C(=O)OC(C)(C)C. The van der Waals surface area contributed by atoms with Crippen LogP contribution in [0.2, 0.25) is 0 Å². The zero-order valence-electron chi connectivity index (χ0n) is 23.2. The lowest BCUT2D eigenvalue weighted by atomic mass is 10.1. The summed E-state index contributed by atoms with van der Waals surface area (Å²) in [6.45, 7) is 7.49. The van der Waals surface area contributed by atoms with E-state index in [0.717, 1.165) is 22.7 Å². The Balaban J connectivity index is 2.07. The van der Waals surface area contributed by atoms with Gasteiger partial charge in [-0.2, -0.15) is 0 Å². The van der Waals surface area contributed by atoms with Gasteiger partial charge in [-0.3, -0.25) is 14.5 Å². The zero-order chi connectivity index (χ0) is 28.6. The molecule has 0 fully saturated rings. The molecule has 1 aliphatic heterocycles. The Morgan fingerprint density at radius 1 is 1.26 bits per heavy atom. The van der Waals surface area contributed by atoms with Crippen molar-refractivity contribution in [3.8, 4) is 12.3 Å². The first-order chi connectivity index (χ1) is 17.8. The zero-order valence-corrected chi connectivity index (χ0v) is 23.2. The second-order valence-corrected chi connectivity index (χ2v) is 10.1. The molecule has 206 valence electrons. The summed E-state index contributed by atoms with van der Waals surface area (Å²) >= 11 is 0. The van der Waals surface area contributed by atoms with E-state index in [9.17, 15) is 14.4 Å². The predicted molar refractivity (Wildman–Crippen MR) is 148 cm³/mol. The Morgan fingerprint density at radius 2 is 1.95 bits per heavy atom. The van der Waals surface area contributed by atoms with Crippen LogP contribution in [-0.2, 0) is 20.7 Å². The highest BCUT2D eigenvalue weighted by molar-refractivity contribution is 5.98. The van der Waals surface area contributed by atoms with Crippen molar-refractivity contribution in [1.29, 1.82) is 0 Å². The minimum Gasteiger partial charge on any atom is -0.444 e. The highest BCUT2D eigenvalue weighted by atomic mass is 16.6. The first-order valence-corrected chi connectivity index (χ1v) is 12.4. The topological polar surface area (TPSA) is 141 Å². The molecule has 1 aromatic carbocycles. The number of terminal acetylenes is 1. The maximum atomic E-state index is 12.7. The monoisotopic (exact) mass is 525 g/mol. The largest absolute Gasteiger partial charge is 0.444 e. The lowest BCUT2D eigenvalue weighted by molar-refractivity contribution is -0.124. The fourth-order valence-electron chi connectivity index (χ4n) is 3.70. The van der Waals surface area contributed by atoms with Crippen molar-refractivity contribution in [3.63, 3.8) is 0 Å². The highest BCUT2D eigenvalue weighted by Crippen LogP contribution is 2.20. The van der Waals surface area contributed by atoms with Gasteiger partial charge in [-0.05, 0) is 51.3 Å². The summed E-state index contributed by atoms with van der Waals surface area (Å²) in [6.07, 6.45) is 6.07. The van der Waals surface area contributed by atoms with Gasteiger partial charge in [0, 0.05) is 33.4 Å². The molecule has 2 atom stereocenters. The molecule has 38 heavy (non-hydrogen) atoms. The normalized spacial score (nSPS) is 15.8. The fourth-order valence-corrected chi connectivity index (χ4v) is 3.70. The highest BCUT2D eigenvalue weighted by Gasteiger charge is 2.29. The first-order valence-electron chi connectivity index (χ1n) is 12.4. The third-order valence-electron chi connectivity index (χ3n) is 5.58. The molecule has 0 radical (unpaired) electrons. The fraction of sp³-hybridized carbons (Fsp3) is 0.481.